The van der Waals surface area contributed by atoms with Crippen molar-refractivity contribution < 1.29 is 33.0 Å². The lowest BCUT2D eigenvalue weighted by Gasteiger charge is -2.22. The second kappa shape index (κ2) is 9.88. The second-order valence-electron chi connectivity index (χ2n) is 6.74. The van der Waals surface area contributed by atoms with Crippen molar-refractivity contribution in [3.8, 4) is 0 Å². The SMILES string of the molecule is CCOP(=O)(OCC)c1cccc(CC(NC(=O)OC(C)(C)C)C(=O)O)c1. The highest BCUT2D eigenvalue weighted by Crippen LogP contribution is 2.46. The Morgan fingerprint density at radius 1 is 1.19 bits per heavy atom. The standard InChI is InChI=1S/C18H28NO7P/c1-6-24-27(23,25-7-2)14-10-8-9-13(11-14)12-15(16(20)21)19-17(22)26-18(3,4)5/h8-11,15H,6-7,12H2,1-5H3,(H,19,22)(H,20,21). The van der Waals surface area contributed by atoms with Crippen LogP contribution in [-0.4, -0.2) is 42.0 Å². The lowest BCUT2D eigenvalue weighted by molar-refractivity contribution is -0.139. The Hall–Kier alpha value is -1.89. The average molecular weight is 401 g/mol. The second-order valence-corrected chi connectivity index (χ2v) is 8.77. The van der Waals surface area contributed by atoms with Gasteiger partial charge in [-0.2, -0.15) is 0 Å². The van der Waals surface area contributed by atoms with Gasteiger partial charge < -0.3 is 24.2 Å². The molecule has 9 heteroatoms. The number of rotatable bonds is 9. The third kappa shape index (κ3) is 7.71. The maximum absolute atomic E-state index is 12.9. The van der Waals surface area contributed by atoms with Gasteiger partial charge in [0.25, 0.3) is 0 Å². The van der Waals surface area contributed by atoms with E-state index in [2.05, 4.69) is 5.32 Å². The topological polar surface area (TPSA) is 111 Å². The predicted octanol–water partition coefficient (Wildman–Crippen LogP) is 3.10. The summed E-state index contributed by atoms with van der Waals surface area (Å²) >= 11 is 0. The fraction of sp³-hybridized carbons (Fsp3) is 0.556. The molecule has 1 unspecified atom stereocenters. The van der Waals surface area contributed by atoms with Crippen molar-refractivity contribution in [2.24, 2.45) is 0 Å². The summed E-state index contributed by atoms with van der Waals surface area (Å²) in [5.41, 5.74) is -0.176. The van der Waals surface area contributed by atoms with Gasteiger partial charge in [0.2, 0.25) is 0 Å². The van der Waals surface area contributed by atoms with Gasteiger partial charge in [0.1, 0.15) is 11.6 Å². The summed E-state index contributed by atoms with van der Waals surface area (Å²) in [5.74, 6) is -1.20. The van der Waals surface area contributed by atoms with E-state index >= 15 is 0 Å². The minimum Gasteiger partial charge on any atom is -0.480 e. The molecule has 1 rings (SSSR count). The molecule has 1 atom stereocenters. The fourth-order valence-electron chi connectivity index (χ4n) is 2.27. The van der Waals surface area contributed by atoms with Crippen LogP contribution in [-0.2, 0) is 29.6 Å². The van der Waals surface area contributed by atoms with Crippen LogP contribution in [0.4, 0.5) is 4.79 Å². The number of nitrogens with one attached hydrogen (secondary N) is 1. The summed E-state index contributed by atoms with van der Waals surface area (Å²) in [6.45, 7) is 8.89. The van der Waals surface area contributed by atoms with Gasteiger partial charge in [-0.1, -0.05) is 12.1 Å². The van der Waals surface area contributed by atoms with Crippen molar-refractivity contribution in [2.75, 3.05) is 13.2 Å². The monoisotopic (exact) mass is 401 g/mol. The number of carbonyl (C=O) groups is 2. The largest absolute Gasteiger partial charge is 0.480 e. The summed E-state index contributed by atoms with van der Waals surface area (Å²) < 4.78 is 28.6. The first-order valence-electron chi connectivity index (χ1n) is 8.71. The molecule has 8 nitrogen and oxygen atoms in total. The summed E-state index contributed by atoms with van der Waals surface area (Å²) in [4.78, 5) is 23.4. The molecule has 1 aromatic carbocycles. The van der Waals surface area contributed by atoms with E-state index in [4.69, 9.17) is 13.8 Å². The molecule has 27 heavy (non-hydrogen) atoms. The van der Waals surface area contributed by atoms with Crippen LogP contribution in [0.3, 0.4) is 0 Å². The van der Waals surface area contributed by atoms with E-state index in [0.717, 1.165) is 0 Å². The Labute approximate surface area is 159 Å². The van der Waals surface area contributed by atoms with E-state index in [-0.39, 0.29) is 19.6 Å². The summed E-state index contributed by atoms with van der Waals surface area (Å²) in [5, 5.41) is 12.1. The molecule has 0 spiro atoms. The minimum atomic E-state index is -3.48. The van der Waals surface area contributed by atoms with Gasteiger partial charge in [-0.3, -0.25) is 4.57 Å². The lowest BCUT2D eigenvalue weighted by atomic mass is 10.1. The molecule has 0 fully saturated rings. The molecule has 0 bridgehead atoms. The average Bonchev–Trinajstić information content (AvgIpc) is 2.53. The summed E-state index contributed by atoms with van der Waals surface area (Å²) in [6, 6.07) is 5.29. The van der Waals surface area contributed by atoms with Crippen molar-refractivity contribution in [3.05, 3.63) is 29.8 Å². The molecule has 1 aromatic rings. The van der Waals surface area contributed by atoms with Crippen LogP contribution in [0.25, 0.3) is 0 Å². The van der Waals surface area contributed by atoms with Crippen molar-refractivity contribution in [1.82, 2.24) is 5.32 Å². The highest BCUT2D eigenvalue weighted by atomic mass is 31.2. The molecular weight excluding hydrogens is 373 g/mol. The number of aliphatic carboxylic acids is 1. The van der Waals surface area contributed by atoms with Gasteiger partial charge in [-0.05, 0) is 52.3 Å². The molecule has 2 N–H and O–H groups in total. The number of carboxylic acids is 1. The Kier molecular flexibility index (Phi) is 8.47. The van der Waals surface area contributed by atoms with E-state index in [1.54, 1.807) is 58.9 Å². The van der Waals surface area contributed by atoms with Crippen LogP contribution in [0, 0.1) is 0 Å². The van der Waals surface area contributed by atoms with Crippen LogP contribution < -0.4 is 10.6 Å². The van der Waals surface area contributed by atoms with Crippen LogP contribution in [0.5, 0.6) is 0 Å². The molecular formula is C18H28NO7P. The van der Waals surface area contributed by atoms with E-state index in [1.807, 2.05) is 0 Å². The number of benzene rings is 1. The molecule has 0 saturated heterocycles. The van der Waals surface area contributed by atoms with Gasteiger partial charge >= 0.3 is 19.7 Å². The molecule has 0 saturated carbocycles. The van der Waals surface area contributed by atoms with E-state index < -0.39 is 31.3 Å². The van der Waals surface area contributed by atoms with Crippen LogP contribution >= 0.6 is 7.60 Å². The third-order valence-electron chi connectivity index (χ3n) is 3.25. The Morgan fingerprint density at radius 2 is 1.78 bits per heavy atom. The Morgan fingerprint density at radius 3 is 2.26 bits per heavy atom. The normalized spacial score (nSPS) is 13.1. The first-order chi connectivity index (χ1) is 12.5. The highest BCUT2D eigenvalue weighted by molar-refractivity contribution is 7.62. The van der Waals surface area contributed by atoms with Crippen molar-refractivity contribution in [3.63, 3.8) is 0 Å². The molecule has 0 heterocycles. The number of carbonyl (C=O) groups excluding carboxylic acids is 1. The number of ether oxygens (including phenoxy) is 1. The number of carboxylic acid groups (broad SMARTS) is 1. The number of hydrogen-bond acceptors (Lipinski definition) is 6. The number of hydrogen-bond donors (Lipinski definition) is 2. The summed E-state index contributed by atoms with van der Waals surface area (Å²) in [7, 11) is -3.48. The van der Waals surface area contributed by atoms with Crippen LogP contribution in [0.1, 0.15) is 40.2 Å². The quantitative estimate of drug-likeness (QED) is 0.612. The lowest BCUT2D eigenvalue weighted by Crippen LogP contribution is -2.44. The van der Waals surface area contributed by atoms with E-state index in [1.165, 1.54) is 0 Å². The fourth-order valence-corrected chi connectivity index (χ4v) is 3.91. The van der Waals surface area contributed by atoms with Crippen LogP contribution in [0.15, 0.2) is 24.3 Å². The van der Waals surface area contributed by atoms with Gasteiger partial charge in [-0.25, -0.2) is 9.59 Å². The zero-order chi connectivity index (χ0) is 20.7. The maximum atomic E-state index is 12.9. The first kappa shape index (κ1) is 23.1. The van der Waals surface area contributed by atoms with Gasteiger partial charge in [0.15, 0.2) is 0 Å². The van der Waals surface area contributed by atoms with E-state index in [0.29, 0.717) is 10.9 Å². The van der Waals surface area contributed by atoms with Crippen molar-refractivity contribution in [2.45, 2.75) is 52.7 Å². The Bertz CT molecular complexity index is 689. The first-order valence-corrected chi connectivity index (χ1v) is 10.3. The summed E-state index contributed by atoms with van der Waals surface area (Å²) in [6.07, 6.45) is -0.832. The number of alkyl carbamates (subject to hydrolysis) is 1. The van der Waals surface area contributed by atoms with Crippen molar-refractivity contribution in [1.29, 1.82) is 0 Å². The molecule has 0 aliphatic heterocycles. The minimum absolute atomic E-state index is 0.0132. The van der Waals surface area contributed by atoms with Crippen LogP contribution in [0.2, 0.25) is 0 Å². The van der Waals surface area contributed by atoms with Crippen molar-refractivity contribution >= 4 is 25.0 Å². The Balaban J connectivity index is 2.99. The molecule has 0 aliphatic carbocycles. The molecule has 0 aromatic heterocycles. The smallest absolute Gasteiger partial charge is 0.408 e. The highest BCUT2D eigenvalue weighted by Gasteiger charge is 2.28. The predicted molar refractivity (Wildman–Crippen MR) is 101 cm³/mol. The zero-order valence-electron chi connectivity index (χ0n) is 16.4. The number of amides is 1. The molecule has 0 radical (unpaired) electrons. The van der Waals surface area contributed by atoms with Gasteiger partial charge in [0.05, 0.1) is 18.5 Å². The third-order valence-corrected chi connectivity index (χ3v) is 5.36. The maximum Gasteiger partial charge on any atom is 0.408 e. The molecule has 0 aliphatic rings. The zero-order valence-corrected chi connectivity index (χ0v) is 17.2. The van der Waals surface area contributed by atoms with Gasteiger partial charge in [0, 0.05) is 6.42 Å². The van der Waals surface area contributed by atoms with E-state index in [9.17, 15) is 19.3 Å². The molecule has 152 valence electrons. The van der Waals surface area contributed by atoms with Gasteiger partial charge in [-0.15, -0.1) is 0 Å². The molecule has 1 amide bonds.